The predicted octanol–water partition coefficient (Wildman–Crippen LogP) is 2.83. The standard InChI is InChI=1S/C26H32N2O5/c29-25(30)11-12-26(31)33-23(19-21-7-3-1-4-8-21)20-27-24(22-9-5-2-6-10-22)13-14-28-15-17-32-18-16-28/h1-12,23-24,27H,13-20H2,(H,29,30)/b12-11-. The first-order valence-corrected chi connectivity index (χ1v) is 11.3. The van der Waals surface area contributed by atoms with E-state index in [2.05, 4.69) is 22.3 Å². The lowest BCUT2D eigenvalue weighted by Gasteiger charge is -2.29. The van der Waals surface area contributed by atoms with Gasteiger partial charge in [0.25, 0.3) is 0 Å². The Kier molecular flexibility index (Phi) is 10.1. The van der Waals surface area contributed by atoms with Crippen molar-refractivity contribution in [2.45, 2.75) is 25.0 Å². The summed E-state index contributed by atoms with van der Waals surface area (Å²) in [6.45, 7) is 4.80. The molecule has 2 aromatic rings. The van der Waals surface area contributed by atoms with Crippen LogP contribution in [0.5, 0.6) is 0 Å². The Morgan fingerprint density at radius 1 is 1.03 bits per heavy atom. The van der Waals surface area contributed by atoms with Crippen LogP contribution in [0.4, 0.5) is 0 Å². The molecule has 1 aliphatic heterocycles. The first-order valence-electron chi connectivity index (χ1n) is 11.3. The summed E-state index contributed by atoms with van der Waals surface area (Å²) in [6.07, 6.45) is 2.76. The molecule has 2 aromatic carbocycles. The second-order valence-electron chi connectivity index (χ2n) is 8.03. The Morgan fingerprint density at radius 3 is 2.36 bits per heavy atom. The minimum Gasteiger partial charge on any atom is -0.478 e. The highest BCUT2D eigenvalue weighted by molar-refractivity contribution is 5.90. The number of carboxylic acids is 1. The first-order chi connectivity index (χ1) is 16.1. The molecule has 33 heavy (non-hydrogen) atoms. The summed E-state index contributed by atoms with van der Waals surface area (Å²) in [6, 6.07) is 20.2. The summed E-state index contributed by atoms with van der Waals surface area (Å²) in [4.78, 5) is 25.3. The van der Waals surface area contributed by atoms with Gasteiger partial charge in [-0.3, -0.25) is 4.90 Å². The number of hydrogen-bond acceptors (Lipinski definition) is 6. The van der Waals surface area contributed by atoms with E-state index in [-0.39, 0.29) is 6.04 Å². The zero-order valence-corrected chi connectivity index (χ0v) is 18.8. The zero-order chi connectivity index (χ0) is 23.3. The minimum atomic E-state index is -1.18. The highest BCUT2D eigenvalue weighted by Gasteiger charge is 2.19. The zero-order valence-electron chi connectivity index (χ0n) is 18.8. The van der Waals surface area contributed by atoms with Crippen molar-refractivity contribution < 1.29 is 24.2 Å². The number of aliphatic carboxylic acids is 1. The average molecular weight is 453 g/mol. The van der Waals surface area contributed by atoms with Crippen LogP contribution in [0.1, 0.15) is 23.6 Å². The van der Waals surface area contributed by atoms with Crippen LogP contribution in [-0.2, 0) is 25.5 Å². The number of rotatable bonds is 12. The number of esters is 1. The summed E-state index contributed by atoms with van der Waals surface area (Å²) in [5.41, 5.74) is 2.23. The smallest absolute Gasteiger partial charge is 0.331 e. The lowest BCUT2D eigenvalue weighted by molar-refractivity contribution is -0.143. The average Bonchev–Trinajstić information content (AvgIpc) is 2.84. The maximum atomic E-state index is 12.2. The molecule has 0 bridgehead atoms. The Morgan fingerprint density at radius 2 is 1.70 bits per heavy atom. The number of carboxylic acid groups (broad SMARTS) is 1. The summed E-state index contributed by atoms with van der Waals surface area (Å²) in [5.74, 6) is -1.85. The summed E-state index contributed by atoms with van der Waals surface area (Å²) in [5, 5.41) is 12.4. The Bertz CT molecular complexity index is 882. The SMILES string of the molecule is O=C(O)/C=C\C(=O)OC(CNC(CCN1CCOCC1)c1ccccc1)Cc1ccccc1. The fourth-order valence-corrected chi connectivity index (χ4v) is 3.86. The number of ether oxygens (including phenoxy) is 2. The van der Waals surface area contributed by atoms with Gasteiger partial charge < -0.3 is 19.9 Å². The maximum Gasteiger partial charge on any atom is 0.331 e. The van der Waals surface area contributed by atoms with E-state index in [9.17, 15) is 9.59 Å². The van der Waals surface area contributed by atoms with E-state index in [4.69, 9.17) is 14.6 Å². The minimum absolute atomic E-state index is 0.0978. The second-order valence-corrected chi connectivity index (χ2v) is 8.03. The number of carbonyl (C=O) groups excluding carboxylic acids is 1. The monoisotopic (exact) mass is 452 g/mol. The van der Waals surface area contributed by atoms with Crippen molar-refractivity contribution in [1.82, 2.24) is 10.2 Å². The molecule has 1 heterocycles. The van der Waals surface area contributed by atoms with Gasteiger partial charge in [0.1, 0.15) is 6.10 Å². The van der Waals surface area contributed by atoms with Crippen LogP contribution in [0, 0.1) is 0 Å². The number of hydrogen-bond donors (Lipinski definition) is 2. The Hall–Kier alpha value is -3.00. The normalized spacial score (nSPS) is 16.4. The lowest BCUT2D eigenvalue weighted by atomic mass is 10.0. The van der Waals surface area contributed by atoms with Gasteiger partial charge in [-0.2, -0.15) is 0 Å². The van der Waals surface area contributed by atoms with Crippen LogP contribution >= 0.6 is 0 Å². The van der Waals surface area contributed by atoms with E-state index in [1.807, 2.05) is 48.5 Å². The van der Waals surface area contributed by atoms with E-state index < -0.39 is 18.0 Å². The third-order valence-corrected chi connectivity index (χ3v) is 5.58. The second kappa shape index (κ2) is 13.5. The van der Waals surface area contributed by atoms with Crippen molar-refractivity contribution >= 4 is 11.9 Å². The molecule has 1 aliphatic rings. The van der Waals surface area contributed by atoms with Gasteiger partial charge in [0.2, 0.25) is 0 Å². The van der Waals surface area contributed by atoms with Crippen LogP contribution in [0.2, 0.25) is 0 Å². The molecule has 0 aromatic heterocycles. The van der Waals surface area contributed by atoms with Crippen molar-refractivity contribution in [2.24, 2.45) is 0 Å². The first kappa shape index (κ1) is 24.6. The van der Waals surface area contributed by atoms with Crippen molar-refractivity contribution in [3.63, 3.8) is 0 Å². The van der Waals surface area contributed by atoms with E-state index >= 15 is 0 Å². The molecule has 2 atom stereocenters. The van der Waals surface area contributed by atoms with Crippen molar-refractivity contribution in [3.8, 4) is 0 Å². The van der Waals surface area contributed by atoms with E-state index in [1.54, 1.807) is 0 Å². The van der Waals surface area contributed by atoms with Crippen molar-refractivity contribution in [1.29, 1.82) is 0 Å². The fraction of sp³-hybridized carbons (Fsp3) is 0.385. The summed E-state index contributed by atoms with van der Waals surface area (Å²) < 4.78 is 11.1. The van der Waals surface area contributed by atoms with Crippen molar-refractivity contribution in [2.75, 3.05) is 39.4 Å². The van der Waals surface area contributed by atoms with Crippen LogP contribution in [0.25, 0.3) is 0 Å². The number of nitrogens with zero attached hydrogens (tertiary/aromatic N) is 1. The molecule has 176 valence electrons. The van der Waals surface area contributed by atoms with Crippen molar-refractivity contribution in [3.05, 3.63) is 83.9 Å². The van der Waals surface area contributed by atoms with Gasteiger partial charge in [-0.1, -0.05) is 60.7 Å². The largest absolute Gasteiger partial charge is 0.478 e. The topological polar surface area (TPSA) is 88.1 Å². The molecule has 1 saturated heterocycles. The van der Waals surface area contributed by atoms with Gasteiger partial charge in [0, 0.05) is 50.8 Å². The molecule has 2 unspecified atom stereocenters. The van der Waals surface area contributed by atoms with E-state index in [1.165, 1.54) is 5.56 Å². The third kappa shape index (κ3) is 9.18. The van der Waals surface area contributed by atoms with E-state index in [0.29, 0.717) is 13.0 Å². The third-order valence-electron chi connectivity index (χ3n) is 5.58. The highest BCUT2D eigenvalue weighted by Crippen LogP contribution is 2.18. The molecule has 3 rings (SSSR count). The molecule has 2 N–H and O–H groups in total. The molecule has 0 radical (unpaired) electrons. The fourth-order valence-electron chi connectivity index (χ4n) is 3.86. The molecule has 0 spiro atoms. The van der Waals surface area contributed by atoms with Gasteiger partial charge >= 0.3 is 11.9 Å². The highest BCUT2D eigenvalue weighted by atomic mass is 16.5. The molecule has 0 saturated carbocycles. The maximum absolute atomic E-state index is 12.2. The molecule has 7 nitrogen and oxygen atoms in total. The van der Waals surface area contributed by atoms with Crippen LogP contribution < -0.4 is 5.32 Å². The van der Waals surface area contributed by atoms with Gasteiger partial charge in [-0.05, 0) is 17.5 Å². The van der Waals surface area contributed by atoms with Gasteiger partial charge in [-0.25, -0.2) is 9.59 Å². The number of nitrogens with one attached hydrogen (secondary N) is 1. The predicted molar refractivity (Wildman–Crippen MR) is 126 cm³/mol. The van der Waals surface area contributed by atoms with Gasteiger partial charge in [0.15, 0.2) is 0 Å². The van der Waals surface area contributed by atoms with Crippen LogP contribution in [0.3, 0.4) is 0 Å². The molecule has 0 amide bonds. The summed E-state index contributed by atoms with van der Waals surface area (Å²) in [7, 11) is 0. The number of morpholine rings is 1. The lowest BCUT2D eigenvalue weighted by Crippen LogP contribution is -2.39. The summed E-state index contributed by atoms with van der Waals surface area (Å²) >= 11 is 0. The quantitative estimate of drug-likeness (QED) is 0.378. The Labute approximate surface area is 195 Å². The number of carbonyl (C=O) groups is 2. The molecule has 1 fully saturated rings. The molecular formula is C26H32N2O5. The number of benzene rings is 2. The molecule has 7 heteroatoms. The molecular weight excluding hydrogens is 420 g/mol. The van der Waals surface area contributed by atoms with Crippen LogP contribution in [-0.4, -0.2) is 67.4 Å². The van der Waals surface area contributed by atoms with Gasteiger partial charge in [0.05, 0.1) is 13.2 Å². The molecule has 0 aliphatic carbocycles. The van der Waals surface area contributed by atoms with Crippen LogP contribution in [0.15, 0.2) is 72.8 Å². The Balaban J connectivity index is 1.66. The van der Waals surface area contributed by atoms with Gasteiger partial charge in [-0.15, -0.1) is 0 Å². The van der Waals surface area contributed by atoms with E-state index in [0.717, 1.165) is 57.0 Å².